The molecule has 0 aliphatic carbocycles. The second kappa shape index (κ2) is 14.8. The Kier molecular flexibility index (Phi) is 12.1. The number of imidazole rings is 1. The number of hydrogen-bond acceptors (Lipinski definition) is 8. The van der Waals surface area contributed by atoms with Crippen molar-refractivity contribution in [1.29, 1.82) is 0 Å². The summed E-state index contributed by atoms with van der Waals surface area (Å²) in [4.78, 5) is 47.6. The summed E-state index contributed by atoms with van der Waals surface area (Å²) >= 11 is 0. The van der Waals surface area contributed by atoms with Crippen LogP contribution in [0.1, 0.15) is 38.8 Å². The minimum Gasteiger partial charge on any atom is -0.388 e. The molecule has 1 fully saturated rings. The topological polar surface area (TPSA) is 157 Å². The third-order valence-electron chi connectivity index (χ3n) is 6.00. The summed E-state index contributed by atoms with van der Waals surface area (Å²) in [7, 11) is 1.41. The number of aliphatic hydroxyl groups is 2. The van der Waals surface area contributed by atoms with Gasteiger partial charge in [0.15, 0.2) is 0 Å². The van der Waals surface area contributed by atoms with Gasteiger partial charge in [0.05, 0.1) is 12.9 Å². The normalized spacial score (nSPS) is 24.2. The Bertz CT molecular complexity index is 791. The van der Waals surface area contributed by atoms with E-state index in [0.29, 0.717) is 45.5 Å². The molecule has 0 spiro atoms. The first kappa shape index (κ1) is 28.7. The average Bonchev–Trinajstić information content (AvgIpc) is 3.32. The Morgan fingerprint density at radius 1 is 1.20 bits per heavy atom. The number of carbonyl (C=O) groups is 3. The van der Waals surface area contributed by atoms with Gasteiger partial charge in [-0.15, -0.1) is 0 Å². The van der Waals surface area contributed by atoms with Crippen molar-refractivity contribution >= 4 is 17.7 Å². The number of amides is 3. The van der Waals surface area contributed by atoms with Gasteiger partial charge in [0.2, 0.25) is 17.7 Å². The number of H-pyrrole nitrogens is 1. The lowest BCUT2D eigenvalue weighted by atomic mass is 10.1. The zero-order chi connectivity index (χ0) is 25.8. The van der Waals surface area contributed by atoms with E-state index in [0.717, 1.165) is 5.69 Å². The second-order valence-corrected chi connectivity index (χ2v) is 8.79. The van der Waals surface area contributed by atoms with Gasteiger partial charge >= 0.3 is 0 Å². The first-order chi connectivity index (χ1) is 16.7. The molecule has 4 atom stereocenters. The predicted octanol–water partition coefficient (Wildman–Crippen LogP) is -0.929. The van der Waals surface area contributed by atoms with E-state index in [-0.39, 0.29) is 37.3 Å². The van der Waals surface area contributed by atoms with Gasteiger partial charge in [-0.25, -0.2) is 4.98 Å². The molecule has 0 aromatic carbocycles. The Balaban J connectivity index is 2.16. The van der Waals surface area contributed by atoms with Crippen LogP contribution in [0.15, 0.2) is 12.5 Å². The summed E-state index contributed by atoms with van der Waals surface area (Å²) in [5, 5.41) is 23.5. The van der Waals surface area contributed by atoms with E-state index in [1.807, 2.05) is 0 Å². The van der Waals surface area contributed by atoms with Crippen molar-refractivity contribution in [2.45, 2.75) is 63.9 Å². The lowest BCUT2D eigenvalue weighted by Crippen LogP contribution is -2.50. The zero-order valence-electron chi connectivity index (χ0n) is 20.8. The molecule has 2 heterocycles. The van der Waals surface area contributed by atoms with E-state index < -0.39 is 24.4 Å². The first-order valence-electron chi connectivity index (χ1n) is 12.0. The molecule has 0 bridgehead atoms. The Morgan fingerprint density at radius 2 is 1.91 bits per heavy atom. The summed E-state index contributed by atoms with van der Waals surface area (Å²) in [6.07, 6.45) is 2.04. The maximum absolute atomic E-state index is 13.4. The smallest absolute Gasteiger partial charge is 0.245 e. The van der Waals surface area contributed by atoms with E-state index in [1.165, 1.54) is 32.2 Å². The third kappa shape index (κ3) is 9.55. The summed E-state index contributed by atoms with van der Waals surface area (Å²) in [5.74, 6) is -0.724. The highest BCUT2D eigenvalue weighted by Gasteiger charge is 2.30. The maximum atomic E-state index is 13.4. The molecule has 3 amide bonds. The molecular formula is C23H39N5O7. The van der Waals surface area contributed by atoms with Crippen LogP contribution in [0.25, 0.3) is 0 Å². The summed E-state index contributed by atoms with van der Waals surface area (Å²) in [6.45, 7) is 4.34. The fraction of sp³-hybridized carbons (Fsp3) is 0.739. The second-order valence-electron chi connectivity index (χ2n) is 8.79. The van der Waals surface area contributed by atoms with Gasteiger partial charge in [0, 0.05) is 72.1 Å². The molecule has 35 heavy (non-hydrogen) atoms. The molecule has 4 N–H and O–H groups in total. The molecule has 1 aliphatic heterocycles. The van der Waals surface area contributed by atoms with E-state index in [1.54, 1.807) is 11.1 Å². The lowest BCUT2D eigenvalue weighted by Gasteiger charge is -2.31. The fourth-order valence-electron chi connectivity index (χ4n) is 4.04. The Morgan fingerprint density at radius 3 is 2.54 bits per heavy atom. The molecule has 12 nitrogen and oxygen atoms in total. The minimum atomic E-state index is -1.22. The number of methoxy groups -OCH3 is 1. The van der Waals surface area contributed by atoms with Crippen LogP contribution in [0.2, 0.25) is 0 Å². The van der Waals surface area contributed by atoms with Crippen LogP contribution < -0.4 is 5.32 Å². The average molecular weight is 498 g/mol. The van der Waals surface area contributed by atoms with Crippen LogP contribution in [0, 0.1) is 0 Å². The minimum absolute atomic E-state index is 0.0709. The molecule has 1 aromatic rings. The molecule has 0 unspecified atom stereocenters. The van der Waals surface area contributed by atoms with Gasteiger partial charge in [-0.1, -0.05) is 0 Å². The highest BCUT2D eigenvalue weighted by atomic mass is 16.5. The van der Waals surface area contributed by atoms with Crippen molar-refractivity contribution < 1.29 is 34.1 Å². The SMILES string of the molecule is CO[C@H]1CN(C(C)=O)CCCN(C(=O)[C@H](Cc2cnc[nH]2)NC(C)=O)CCCCOC[C@H](O)[C@@H]1O. The van der Waals surface area contributed by atoms with Gasteiger partial charge in [-0.05, 0) is 19.3 Å². The molecule has 198 valence electrons. The van der Waals surface area contributed by atoms with Crippen LogP contribution in [-0.4, -0.2) is 119 Å². The Labute approximate surface area is 206 Å². The number of nitrogens with one attached hydrogen (secondary N) is 2. The Hall–Kier alpha value is -2.54. The van der Waals surface area contributed by atoms with Crippen molar-refractivity contribution in [3.05, 3.63) is 18.2 Å². The predicted molar refractivity (Wildman–Crippen MR) is 126 cm³/mol. The van der Waals surface area contributed by atoms with E-state index >= 15 is 0 Å². The largest absolute Gasteiger partial charge is 0.388 e. The number of nitrogens with zero attached hydrogens (tertiary/aromatic N) is 3. The zero-order valence-corrected chi connectivity index (χ0v) is 20.8. The number of aromatic nitrogens is 2. The third-order valence-corrected chi connectivity index (χ3v) is 6.00. The van der Waals surface area contributed by atoms with Gasteiger partial charge in [0.1, 0.15) is 24.4 Å². The van der Waals surface area contributed by atoms with Gasteiger partial charge < -0.3 is 39.8 Å². The van der Waals surface area contributed by atoms with Gasteiger partial charge in [-0.2, -0.15) is 0 Å². The number of ether oxygens (including phenoxy) is 2. The molecule has 2 rings (SSSR count). The van der Waals surface area contributed by atoms with Crippen molar-refractivity contribution in [3.8, 4) is 0 Å². The van der Waals surface area contributed by atoms with Crippen molar-refractivity contribution in [1.82, 2.24) is 25.1 Å². The van der Waals surface area contributed by atoms with Crippen molar-refractivity contribution in [2.24, 2.45) is 0 Å². The van der Waals surface area contributed by atoms with Crippen LogP contribution in [0.4, 0.5) is 0 Å². The molecular weight excluding hydrogens is 458 g/mol. The quantitative estimate of drug-likeness (QED) is 0.406. The van der Waals surface area contributed by atoms with Crippen LogP contribution >= 0.6 is 0 Å². The summed E-state index contributed by atoms with van der Waals surface area (Å²) in [5.41, 5.74) is 0.731. The highest BCUT2D eigenvalue weighted by Crippen LogP contribution is 2.11. The van der Waals surface area contributed by atoms with Crippen LogP contribution in [-0.2, 0) is 30.3 Å². The number of hydrogen-bond donors (Lipinski definition) is 4. The molecule has 12 heteroatoms. The monoisotopic (exact) mass is 497 g/mol. The van der Waals surface area contributed by atoms with Gasteiger partial charge in [0.25, 0.3) is 0 Å². The summed E-state index contributed by atoms with van der Waals surface area (Å²) in [6, 6.07) is -0.752. The maximum Gasteiger partial charge on any atom is 0.245 e. The van der Waals surface area contributed by atoms with E-state index in [2.05, 4.69) is 15.3 Å². The number of carbonyl (C=O) groups excluding carboxylic acids is 3. The van der Waals surface area contributed by atoms with Crippen LogP contribution in [0.3, 0.4) is 0 Å². The lowest BCUT2D eigenvalue weighted by molar-refractivity contribution is -0.137. The molecule has 0 radical (unpaired) electrons. The standard InChI is InChI=1S/C23H39N5O7/c1-16(29)26-19(11-18-12-24-15-25-18)23(33)27-7-4-5-10-35-14-20(31)22(32)21(34-3)13-28(17(2)30)9-6-8-27/h12,15,19-22,31-32H,4-11,13-14H2,1-3H3,(H,24,25)(H,26,29)/t19-,20-,21-,22-/m0/s1. The number of aliphatic hydroxyl groups excluding tert-OH is 2. The molecule has 1 saturated heterocycles. The summed E-state index contributed by atoms with van der Waals surface area (Å²) < 4.78 is 10.9. The van der Waals surface area contributed by atoms with E-state index in [4.69, 9.17) is 9.47 Å². The van der Waals surface area contributed by atoms with Crippen molar-refractivity contribution in [2.75, 3.05) is 46.5 Å². The number of rotatable bonds is 5. The first-order valence-corrected chi connectivity index (χ1v) is 12.0. The number of aromatic amines is 1. The highest BCUT2D eigenvalue weighted by molar-refractivity contribution is 5.87. The van der Waals surface area contributed by atoms with Crippen molar-refractivity contribution in [3.63, 3.8) is 0 Å². The van der Waals surface area contributed by atoms with Crippen LogP contribution in [0.5, 0.6) is 0 Å². The molecule has 1 aromatic heterocycles. The fourth-order valence-corrected chi connectivity index (χ4v) is 4.04. The van der Waals surface area contributed by atoms with E-state index in [9.17, 15) is 24.6 Å². The molecule has 1 aliphatic rings. The van der Waals surface area contributed by atoms with Gasteiger partial charge in [-0.3, -0.25) is 14.4 Å². The molecule has 0 saturated carbocycles.